The first-order valence-electron chi connectivity index (χ1n) is 8.81. The zero-order valence-electron chi connectivity index (χ0n) is 14.9. The van der Waals surface area contributed by atoms with Crippen molar-refractivity contribution in [2.45, 2.75) is 19.9 Å². The van der Waals surface area contributed by atoms with Crippen LogP contribution in [-0.4, -0.2) is 57.4 Å². The van der Waals surface area contributed by atoms with E-state index in [1.54, 1.807) is 7.11 Å². The predicted molar refractivity (Wildman–Crippen MR) is 98.8 cm³/mol. The summed E-state index contributed by atoms with van der Waals surface area (Å²) in [7, 11) is 1.76. The van der Waals surface area contributed by atoms with Crippen molar-refractivity contribution in [3.8, 4) is 11.5 Å². The molecular formula is C18H26ClN3O3. The number of nitrogens with zero attached hydrogens (tertiary/aromatic N) is 2. The Hall–Kier alpha value is -1.66. The lowest BCUT2D eigenvalue weighted by Gasteiger charge is -2.22. The molecule has 0 saturated carbocycles. The molecular weight excluding hydrogens is 342 g/mol. The van der Waals surface area contributed by atoms with Gasteiger partial charge in [0, 0.05) is 32.7 Å². The minimum Gasteiger partial charge on any atom is -0.486 e. The van der Waals surface area contributed by atoms with Crippen LogP contribution in [0.1, 0.15) is 18.9 Å². The summed E-state index contributed by atoms with van der Waals surface area (Å²) in [5, 5.41) is 3.96. The summed E-state index contributed by atoms with van der Waals surface area (Å²) in [6, 6.07) is 3.87. The molecule has 2 heterocycles. The molecule has 1 aromatic rings. The Balaban J connectivity index is 1.70. The van der Waals surface area contributed by atoms with E-state index >= 15 is 0 Å². The van der Waals surface area contributed by atoms with Crippen molar-refractivity contribution in [1.82, 2.24) is 10.2 Å². The average Bonchev–Trinajstić information content (AvgIpc) is 3.07. The highest BCUT2D eigenvalue weighted by Crippen LogP contribution is 2.38. The van der Waals surface area contributed by atoms with Gasteiger partial charge in [-0.1, -0.05) is 11.6 Å². The minimum atomic E-state index is 0.534. The van der Waals surface area contributed by atoms with Gasteiger partial charge in [0.1, 0.15) is 13.2 Å². The minimum absolute atomic E-state index is 0.534. The molecule has 1 atom stereocenters. The third-order valence-corrected chi connectivity index (χ3v) is 4.67. The van der Waals surface area contributed by atoms with Crippen LogP contribution in [0.2, 0.25) is 5.02 Å². The van der Waals surface area contributed by atoms with E-state index in [9.17, 15) is 0 Å². The molecule has 3 rings (SSSR count). The van der Waals surface area contributed by atoms with E-state index in [4.69, 9.17) is 30.8 Å². The number of hydrogen-bond acceptors (Lipinski definition) is 4. The number of aliphatic imine (C=N–C) groups is 1. The number of halogens is 1. The monoisotopic (exact) mass is 367 g/mol. The molecule has 25 heavy (non-hydrogen) atoms. The normalized spacial score (nSPS) is 20.0. The third kappa shape index (κ3) is 4.50. The molecule has 138 valence electrons. The largest absolute Gasteiger partial charge is 0.486 e. The molecule has 1 saturated heterocycles. The molecule has 0 aliphatic carbocycles. The molecule has 0 aromatic heterocycles. The lowest BCUT2D eigenvalue weighted by molar-refractivity contribution is 0.157. The van der Waals surface area contributed by atoms with Crippen LogP contribution in [0, 0.1) is 5.92 Å². The van der Waals surface area contributed by atoms with Gasteiger partial charge in [0.2, 0.25) is 0 Å². The Morgan fingerprint density at radius 3 is 3.04 bits per heavy atom. The maximum atomic E-state index is 6.31. The molecule has 1 aromatic carbocycles. The number of benzene rings is 1. The summed E-state index contributed by atoms with van der Waals surface area (Å²) in [4.78, 5) is 7.08. The van der Waals surface area contributed by atoms with Crippen molar-refractivity contribution in [1.29, 1.82) is 0 Å². The van der Waals surface area contributed by atoms with Gasteiger partial charge in [-0.15, -0.1) is 0 Å². The second-order valence-electron chi connectivity index (χ2n) is 6.33. The Morgan fingerprint density at radius 2 is 2.24 bits per heavy atom. The van der Waals surface area contributed by atoms with Gasteiger partial charge < -0.3 is 24.4 Å². The van der Waals surface area contributed by atoms with E-state index in [1.807, 2.05) is 12.1 Å². The van der Waals surface area contributed by atoms with Gasteiger partial charge in [-0.2, -0.15) is 0 Å². The number of methoxy groups -OCH3 is 1. The van der Waals surface area contributed by atoms with E-state index in [2.05, 4.69) is 17.1 Å². The van der Waals surface area contributed by atoms with Crippen molar-refractivity contribution >= 4 is 17.6 Å². The van der Waals surface area contributed by atoms with Crippen LogP contribution < -0.4 is 14.8 Å². The van der Waals surface area contributed by atoms with Gasteiger partial charge in [-0.05, 0) is 31.0 Å². The van der Waals surface area contributed by atoms with Gasteiger partial charge in [-0.3, -0.25) is 0 Å². The highest BCUT2D eigenvalue weighted by Gasteiger charge is 2.24. The lowest BCUT2D eigenvalue weighted by Crippen LogP contribution is -2.40. The molecule has 0 spiro atoms. The van der Waals surface area contributed by atoms with Gasteiger partial charge in [0.25, 0.3) is 0 Å². The van der Waals surface area contributed by atoms with Gasteiger partial charge in [-0.25, -0.2) is 4.99 Å². The van der Waals surface area contributed by atoms with Crippen molar-refractivity contribution < 1.29 is 14.2 Å². The predicted octanol–water partition coefficient (Wildman–Crippen LogP) is 2.55. The fourth-order valence-electron chi connectivity index (χ4n) is 3.24. The second-order valence-corrected chi connectivity index (χ2v) is 6.74. The first-order chi connectivity index (χ1) is 12.2. The lowest BCUT2D eigenvalue weighted by atomic mass is 10.1. The Labute approximate surface area is 154 Å². The third-order valence-electron chi connectivity index (χ3n) is 4.39. The smallest absolute Gasteiger partial charge is 0.194 e. The maximum Gasteiger partial charge on any atom is 0.194 e. The number of nitrogens with one attached hydrogen (secondary N) is 1. The number of rotatable bonds is 5. The topological polar surface area (TPSA) is 55.3 Å². The van der Waals surface area contributed by atoms with Crippen molar-refractivity contribution in [3.05, 3.63) is 22.7 Å². The Kier molecular flexibility index (Phi) is 6.26. The summed E-state index contributed by atoms with van der Waals surface area (Å²) in [5.74, 6) is 2.84. The summed E-state index contributed by atoms with van der Waals surface area (Å²) in [5.41, 5.74) is 1.01. The molecule has 1 unspecified atom stereocenters. The van der Waals surface area contributed by atoms with Crippen molar-refractivity contribution in [2.24, 2.45) is 10.9 Å². The summed E-state index contributed by atoms with van der Waals surface area (Å²) >= 11 is 6.31. The summed E-state index contributed by atoms with van der Waals surface area (Å²) in [6.45, 7) is 7.33. The van der Waals surface area contributed by atoms with Crippen molar-refractivity contribution in [3.63, 3.8) is 0 Å². The zero-order valence-corrected chi connectivity index (χ0v) is 15.6. The SMILES string of the molecule is CCNC(=NCc1cc(Cl)c2c(c1)OCCO2)N1CCC(COC)C1. The van der Waals surface area contributed by atoms with Crippen LogP contribution >= 0.6 is 11.6 Å². The Bertz CT molecular complexity index is 624. The molecule has 0 amide bonds. The number of guanidine groups is 1. The first kappa shape index (κ1) is 18.1. The van der Waals surface area contributed by atoms with Crippen LogP contribution in [0.15, 0.2) is 17.1 Å². The van der Waals surface area contributed by atoms with Crippen LogP contribution in [0.3, 0.4) is 0 Å². The highest BCUT2D eigenvalue weighted by molar-refractivity contribution is 6.32. The van der Waals surface area contributed by atoms with Crippen LogP contribution in [0.25, 0.3) is 0 Å². The number of likely N-dealkylation sites (tertiary alicyclic amines) is 1. The van der Waals surface area contributed by atoms with E-state index < -0.39 is 0 Å². The number of fused-ring (bicyclic) bond motifs is 1. The van der Waals surface area contributed by atoms with E-state index in [1.165, 1.54) is 0 Å². The van der Waals surface area contributed by atoms with E-state index in [-0.39, 0.29) is 0 Å². The fourth-order valence-corrected chi connectivity index (χ4v) is 3.53. The quantitative estimate of drug-likeness (QED) is 0.640. The molecule has 6 nitrogen and oxygen atoms in total. The molecule has 2 aliphatic heterocycles. The molecule has 2 aliphatic rings. The first-order valence-corrected chi connectivity index (χ1v) is 9.19. The average molecular weight is 368 g/mol. The van der Waals surface area contributed by atoms with Gasteiger partial charge in [0.15, 0.2) is 17.5 Å². The van der Waals surface area contributed by atoms with Gasteiger partial charge >= 0.3 is 0 Å². The maximum absolute atomic E-state index is 6.31. The van der Waals surface area contributed by atoms with Gasteiger partial charge in [0.05, 0.1) is 18.2 Å². The van der Waals surface area contributed by atoms with E-state index in [0.717, 1.165) is 44.2 Å². The molecule has 1 N–H and O–H groups in total. The van der Waals surface area contributed by atoms with Crippen LogP contribution in [0.5, 0.6) is 11.5 Å². The van der Waals surface area contributed by atoms with Crippen LogP contribution in [-0.2, 0) is 11.3 Å². The molecule has 0 radical (unpaired) electrons. The molecule has 7 heteroatoms. The summed E-state index contributed by atoms with van der Waals surface area (Å²) in [6.07, 6.45) is 1.13. The standard InChI is InChI=1S/C18H26ClN3O3/c1-3-20-18(22-5-4-13(11-22)12-23-2)21-10-14-8-15(19)17-16(9-14)24-6-7-25-17/h8-9,13H,3-7,10-12H2,1-2H3,(H,20,21). The fraction of sp³-hybridized carbons (Fsp3) is 0.611. The zero-order chi connectivity index (χ0) is 17.6. The molecule has 1 fully saturated rings. The van der Waals surface area contributed by atoms with Crippen molar-refractivity contribution in [2.75, 3.05) is 46.6 Å². The second kappa shape index (κ2) is 8.63. The summed E-state index contributed by atoms with van der Waals surface area (Å²) < 4.78 is 16.5. The Morgan fingerprint density at radius 1 is 1.40 bits per heavy atom. The highest BCUT2D eigenvalue weighted by atomic mass is 35.5. The molecule has 0 bridgehead atoms. The van der Waals surface area contributed by atoms with Crippen LogP contribution in [0.4, 0.5) is 0 Å². The van der Waals surface area contributed by atoms with E-state index in [0.29, 0.717) is 42.2 Å². The number of ether oxygens (including phenoxy) is 3. The number of hydrogen-bond donors (Lipinski definition) is 1.